The van der Waals surface area contributed by atoms with Gasteiger partial charge in [0.1, 0.15) is 5.75 Å². The summed E-state index contributed by atoms with van der Waals surface area (Å²) in [5.74, 6) is 0.774. The molecule has 0 bridgehead atoms. The number of hydrogen-bond acceptors (Lipinski definition) is 4. The molecule has 0 radical (unpaired) electrons. The molecule has 2 aromatic carbocycles. The van der Waals surface area contributed by atoms with Crippen LogP contribution in [0.15, 0.2) is 65.7 Å². The lowest BCUT2D eigenvalue weighted by Crippen LogP contribution is -1.97. The number of pyridine rings is 1. The Morgan fingerprint density at radius 2 is 1.96 bits per heavy atom. The van der Waals surface area contributed by atoms with Crippen molar-refractivity contribution in [3.05, 3.63) is 71.4 Å². The van der Waals surface area contributed by atoms with E-state index < -0.39 is 0 Å². The van der Waals surface area contributed by atoms with Crippen molar-refractivity contribution in [3.63, 3.8) is 0 Å². The van der Waals surface area contributed by atoms with E-state index in [4.69, 9.17) is 4.74 Å². The lowest BCUT2D eigenvalue weighted by Gasteiger charge is -2.13. The lowest BCUT2D eigenvalue weighted by molar-refractivity contribution is 0.415. The molecule has 0 aliphatic carbocycles. The van der Waals surface area contributed by atoms with Crippen LogP contribution in [0.1, 0.15) is 5.69 Å². The fourth-order valence-electron chi connectivity index (χ4n) is 2.87. The Kier molecular flexibility index (Phi) is 4.34. The Morgan fingerprint density at radius 3 is 2.73 bits per heavy atom. The highest BCUT2D eigenvalue weighted by atomic mass is 79.9. The third kappa shape index (κ3) is 3.28. The van der Waals surface area contributed by atoms with E-state index in [1.54, 1.807) is 19.6 Å². The van der Waals surface area contributed by atoms with Gasteiger partial charge in [-0.15, -0.1) is 0 Å². The van der Waals surface area contributed by atoms with Gasteiger partial charge in [0.05, 0.1) is 30.3 Å². The van der Waals surface area contributed by atoms with E-state index in [-0.39, 0.29) is 0 Å². The van der Waals surface area contributed by atoms with E-state index in [2.05, 4.69) is 43.3 Å². The fraction of sp³-hybridized carbons (Fsp3) is 0.100. The van der Waals surface area contributed by atoms with Crippen molar-refractivity contribution in [1.82, 2.24) is 14.5 Å². The summed E-state index contributed by atoms with van der Waals surface area (Å²) in [6.07, 6.45) is 5.59. The average Bonchev–Trinajstić information content (AvgIpc) is 3.08. The minimum absolute atomic E-state index is 0.774. The summed E-state index contributed by atoms with van der Waals surface area (Å²) >= 11 is 3.53. The number of benzene rings is 2. The SMILES string of the molecule is COc1cc(Nc2ccnc3ccc(Br)cc23)cc(-n2cnc(C)c2)c1. The molecule has 0 saturated heterocycles. The maximum Gasteiger partial charge on any atom is 0.123 e. The molecule has 6 heteroatoms. The van der Waals surface area contributed by atoms with Crippen molar-refractivity contribution in [2.45, 2.75) is 6.92 Å². The van der Waals surface area contributed by atoms with Gasteiger partial charge in [0, 0.05) is 45.8 Å². The zero-order valence-corrected chi connectivity index (χ0v) is 16.0. The summed E-state index contributed by atoms with van der Waals surface area (Å²) in [5.41, 5.74) is 4.79. The number of rotatable bonds is 4. The molecule has 26 heavy (non-hydrogen) atoms. The molecule has 0 aliphatic heterocycles. The first-order chi connectivity index (χ1) is 12.6. The molecule has 0 amide bonds. The second-order valence-electron chi connectivity index (χ2n) is 5.99. The first kappa shape index (κ1) is 16.6. The van der Waals surface area contributed by atoms with Gasteiger partial charge in [-0.05, 0) is 37.3 Å². The van der Waals surface area contributed by atoms with Gasteiger partial charge in [-0.1, -0.05) is 15.9 Å². The highest BCUT2D eigenvalue weighted by Gasteiger charge is 2.07. The molecule has 2 aromatic heterocycles. The molecule has 0 spiro atoms. The summed E-state index contributed by atoms with van der Waals surface area (Å²) in [5, 5.41) is 4.54. The molecule has 2 heterocycles. The first-order valence-corrected chi connectivity index (χ1v) is 8.93. The summed E-state index contributed by atoms with van der Waals surface area (Å²) < 4.78 is 8.47. The molecule has 4 aromatic rings. The normalized spacial score (nSPS) is 10.9. The summed E-state index contributed by atoms with van der Waals surface area (Å²) in [4.78, 5) is 8.73. The Balaban J connectivity index is 1.78. The Labute approximate surface area is 159 Å². The van der Waals surface area contributed by atoms with E-state index in [9.17, 15) is 0 Å². The number of imidazole rings is 1. The quantitative estimate of drug-likeness (QED) is 0.501. The molecule has 130 valence electrons. The van der Waals surface area contributed by atoms with Gasteiger partial charge < -0.3 is 14.6 Å². The van der Waals surface area contributed by atoms with Crippen LogP contribution in [0.25, 0.3) is 16.6 Å². The van der Waals surface area contributed by atoms with Crippen LogP contribution < -0.4 is 10.1 Å². The molecule has 0 aliphatic rings. The van der Waals surface area contributed by atoms with E-state index in [0.29, 0.717) is 0 Å². The molecule has 1 N–H and O–H groups in total. The number of nitrogens with one attached hydrogen (secondary N) is 1. The van der Waals surface area contributed by atoms with Crippen molar-refractivity contribution in [2.24, 2.45) is 0 Å². The monoisotopic (exact) mass is 408 g/mol. The second kappa shape index (κ2) is 6.80. The molecular formula is C20H17BrN4O. The number of ether oxygens (including phenoxy) is 1. The molecule has 0 fully saturated rings. The van der Waals surface area contributed by atoms with Crippen molar-refractivity contribution >= 4 is 38.2 Å². The third-order valence-corrected chi connectivity index (χ3v) is 4.61. The highest BCUT2D eigenvalue weighted by molar-refractivity contribution is 9.10. The minimum Gasteiger partial charge on any atom is -0.497 e. The van der Waals surface area contributed by atoms with E-state index in [1.807, 2.05) is 48.0 Å². The van der Waals surface area contributed by atoms with E-state index >= 15 is 0 Å². The Morgan fingerprint density at radius 1 is 1.08 bits per heavy atom. The number of methoxy groups -OCH3 is 1. The number of hydrogen-bond donors (Lipinski definition) is 1. The second-order valence-corrected chi connectivity index (χ2v) is 6.90. The predicted octanol–water partition coefficient (Wildman–Crippen LogP) is 5.24. The van der Waals surface area contributed by atoms with Crippen molar-refractivity contribution in [2.75, 3.05) is 12.4 Å². The largest absolute Gasteiger partial charge is 0.497 e. The van der Waals surface area contributed by atoms with Crippen LogP contribution in [-0.4, -0.2) is 21.6 Å². The number of aromatic nitrogens is 3. The lowest BCUT2D eigenvalue weighted by atomic mass is 10.1. The highest BCUT2D eigenvalue weighted by Crippen LogP contribution is 2.30. The fourth-order valence-corrected chi connectivity index (χ4v) is 3.23. The standard InChI is InChI=1S/C20H17BrN4O/c1-13-11-25(12-23-13)16-8-15(9-17(10-16)26-2)24-20-5-6-22-19-4-3-14(21)7-18(19)20/h3-12H,1-2H3,(H,22,24). The zero-order valence-electron chi connectivity index (χ0n) is 14.4. The maximum atomic E-state index is 5.47. The van der Waals surface area contributed by atoms with Gasteiger partial charge in [0.2, 0.25) is 0 Å². The predicted molar refractivity (Wildman–Crippen MR) is 108 cm³/mol. The van der Waals surface area contributed by atoms with Crippen LogP contribution in [0.3, 0.4) is 0 Å². The number of fused-ring (bicyclic) bond motifs is 1. The van der Waals surface area contributed by atoms with Gasteiger partial charge in [-0.2, -0.15) is 0 Å². The molecule has 0 saturated carbocycles. The smallest absolute Gasteiger partial charge is 0.123 e. The van der Waals surface area contributed by atoms with Crippen LogP contribution in [0.4, 0.5) is 11.4 Å². The number of aryl methyl sites for hydroxylation is 1. The van der Waals surface area contributed by atoms with Gasteiger partial charge in [0.15, 0.2) is 0 Å². The van der Waals surface area contributed by atoms with Gasteiger partial charge in [0.25, 0.3) is 0 Å². The summed E-state index contributed by atoms with van der Waals surface area (Å²) in [6.45, 7) is 1.97. The third-order valence-electron chi connectivity index (χ3n) is 4.12. The van der Waals surface area contributed by atoms with Crippen LogP contribution in [0, 0.1) is 6.92 Å². The number of halogens is 1. The Hall–Kier alpha value is -2.86. The van der Waals surface area contributed by atoms with Crippen molar-refractivity contribution in [3.8, 4) is 11.4 Å². The minimum atomic E-state index is 0.774. The van der Waals surface area contributed by atoms with Crippen molar-refractivity contribution in [1.29, 1.82) is 0 Å². The average molecular weight is 409 g/mol. The topological polar surface area (TPSA) is 52.0 Å². The first-order valence-electron chi connectivity index (χ1n) is 8.14. The number of anilines is 2. The summed E-state index contributed by atoms with van der Waals surface area (Å²) in [6, 6.07) is 14.0. The van der Waals surface area contributed by atoms with Crippen LogP contribution >= 0.6 is 15.9 Å². The van der Waals surface area contributed by atoms with E-state index in [1.165, 1.54) is 0 Å². The Bertz CT molecular complexity index is 1090. The molecule has 0 unspecified atom stereocenters. The maximum absolute atomic E-state index is 5.47. The molecule has 4 rings (SSSR count). The molecule has 5 nitrogen and oxygen atoms in total. The van der Waals surface area contributed by atoms with Gasteiger partial charge in [-0.3, -0.25) is 4.98 Å². The van der Waals surface area contributed by atoms with Crippen LogP contribution in [0.5, 0.6) is 5.75 Å². The van der Waals surface area contributed by atoms with Crippen LogP contribution in [-0.2, 0) is 0 Å². The zero-order chi connectivity index (χ0) is 18.1. The summed E-state index contributed by atoms with van der Waals surface area (Å²) in [7, 11) is 1.67. The van der Waals surface area contributed by atoms with Crippen LogP contribution in [0.2, 0.25) is 0 Å². The van der Waals surface area contributed by atoms with Crippen molar-refractivity contribution < 1.29 is 4.74 Å². The molecular weight excluding hydrogens is 392 g/mol. The number of nitrogens with zero attached hydrogens (tertiary/aromatic N) is 3. The molecule has 0 atom stereocenters. The van der Waals surface area contributed by atoms with Gasteiger partial charge in [-0.25, -0.2) is 4.98 Å². The van der Waals surface area contributed by atoms with Gasteiger partial charge >= 0.3 is 0 Å². The van der Waals surface area contributed by atoms with E-state index in [0.717, 1.165) is 43.9 Å².